The van der Waals surface area contributed by atoms with E-state index in [2.05, 4.69) is 28.3 Å². The molecule has 3 saturated heterocycles. The number of rotatable bonds is 4. The number of carbonyl (C=O) groups excluding carboxylic acids is 1. The number of aliphatic hydroxyl groups excluding tert-OH is 1. The SMILES string of the molecule is C=C/C(=N\C=C(\C)N)NC(=O)N1C[C@]23CN(C(O)NC)CC24C=C(Cl)C=C3C14. The minimum absolute atomic E-state index is 0.0677. The first kappa shape index (κ1) is 19.2. The third-order valence-electron chi connectivity index (χ3n) is 6.31. The molecule has 0 radical (unpaired) electrons. The second-order valence-electron chi connectivity index (χ2n) is 7.87. The van der Waals surface area contributed by atoms with E-state index >= 15 is 0 Å². The van der Waals surface area contributed by atoms with Crippen LogP contribution >= 0.6 is 11.6 Å². The Bertz CT molecular complexity index is 860. The number of halogens is 1. The molecule has 3 heterocycles. The number of nitrogens with zero attached hydrogens (tertiary/aromatic N) is 3. The van der Waals surface area contributed by atoms with Gasteiger partial charge >= 0.3 is 6.03 Å². The van der Waals surface area contributed by atoms with Gasteiger partial charge in [0.1, 0.15) is 5.84 Å². The number of aliphatic imine (C=N–C) groups is 1. The van der Waals surface area contributed by atoms with Crippen LogP contribution in [0.3, 0.4) is 0 Å². The minimum atomic E-state index is -0.724. The summed E-state index contributed by atoms with van der Waals surface area (Å²) in [6.45, 7) is 7.28. The summed E-state index contributed by atoms with van der Waals surface area (Å²) in [5, 5.41) is 16.7. The number of nitrogens with one attached hydrogen (secondary N) is 2. The van der Waals surface area contributed by atoms with Crippen molar-refractivity contribution < 1.29 is 9.90 Å². The minimum Gasteiger partial charge on any atom is -0.401 e. The van der Waals surface area contributed by atoms with E-state index in [0.717, 1.165) is 5.57 Å². The van der Waals surface area contributed by atoms with Crippen LogP contribution in [0.15, 0.2) is 52.3 Å². The van der Waals surface area contributed by atoms with E-state index < -0.39 is 6.35 Å². The Morgan fingerprint density at radius 2 is 2.29 bits per heavy atom. The zero-order chi connectivity index (χ0) is 20.3. The van der Waals surface area contributed by atoms with Gasteiger partial charge in [-0.3, -0.25) is 15.5 Å². The lowest BCUT2D eigenvalue weighted by Gasteiger charge is -2.55. The number of carbonyl (C=O) groups is 1. The van der Waals surface area contributed by atoms with Gasteiger partial charge in [-0.1, -0.05) is 24.3 Å². The number of amides is 2. The average Bonchev–Trinajstić information content (AvgIpc) is 3.23. The number of urea groups is 1. The van der Waals surface area contributed by atoms with Crippen molar-refractivity contribution in [2.75, 3.05) is 26.7 Å². The van der Waals surface area contributed by atoms with E-state index in [1.807, 2.05) is 15.9 Å². The van der Waals surface area contributed by atoms with Crippen LogP contribution < -0.4 is 16.4 Å². The van der Waals surface area contributed by atoms with Crippen LogP contribution in [0.1, 0.15) is 6.92 Å². The predicted octanol–water partition coefficient (Wildman–Crippen LogP) is 0.645. The molecule has 4 fully saturated rings. The van der Waals surface area contributed by atoms with Crippen LogP contribution in [0.5, 0.6) is 0 Å². The second-order valence-corrected chi connectivity index (χ2v) is 8.31. The molecule has 0 aromatic carbocycles. The molecule has 150 valence electrons. The fourth-order valence-electron chi connectivity index (χ4n) is 5.27. The molecule has 5 rings (SSSR count). The van der Waals surface area contributed by atoms with Crippen molar-refractivity contribution in [3.63, 3.8) is 0 Å². The van der Waals surface area contributed by atoms with Crippen LogP contribution in [0.2, 0.25) is 0 Å². The largest absolute Gasteiger partial charge is 0.401 e. The van der Waals surface area contributed by atoms with Gasteiger partial charge in [0.05, 0.1) is 6.04 Å². The summed E-state index contributed by atoms with van der Waals surface area (Å²) in [7, 11) is 1.72. The maximum absolute atomic E-state index is 13.0. The molecule has 0 aromatic heterocycles. The molecule has 4 atom stereocenters. The normalized spacial score (nSPS) is 35.0. The smallest absolute Gasteiger partial charge is 0.323 e. The van der Waals surface area contributed by atoms with Crippen molar-refractivity contribution in [3.05, 3.63) is 47.3 Å². The number of aliphatic hydroxyl groups is 1. The Hall–Kier alpha value is -2.13. The highest BCUT2D eigenvalue weighted by atomic mass is 35.5. The van der Waals surface area contributed by atoms with Crippen molar-refractivity contribution in [2.45, 2.75) is 19.3 Å². The molecule has 2 aliphatic carbocycles. The Morgan fingerprint density at radius 1 is 1.54 bits per heavy atom. The van der Waals surface area contributed by atoms with Gasteiger partial charge in [0, 0.05) is 47.4 Å². The molecular weight excluding hydrogens is 380 g/mol. The van der Waals surface area contributed by atoms with Gasteiger partial charge in [-0.15, -0.1) is 0 Å². The molecule has 1 saturated carbocycles. The van der Waals surface area contributed by atoms with Gasteiger partial charge < -0.3 is 15.7 Å². The zero-order valence-electron chi connectivity index (χ0n) is 15.9. The Morgan fingerprint density at radius 3 is 2.93 bits per heavy atom. The van der Waals surface area contributed by atoms with E-state index in [9.17, 15) is 9.90 Å². The number of likely N-dealkylation sites (tertiary alicyclic amines) is 1. The number of nitrogens with two attached hydrogens (primary N) is 1. The highest BCUT2D eigenvalue weighted by molar-refractivity contribution is 6.31. The molecule has 3 unspecified atom stereocenters. The first-order chi connectivity index (χ1) is 13.3. The highest BCUT2D eigenvalue weighted by Crippen LogP contribution is 2.74. The molecule has 2 amide bonds. The van der Waals surface area contributed by atoms with Crippen LogP contribution in [0, 0.1) is 10.8 Å². The average molecular weight is 405 g/mol. The van der Waals surface area contributed by atoms with E-state index in [-0.39, 0.29) is 22.9 Å². The van der Waals surface area contributed by atoms with Crippen LogP contribution in [0.25, 0.3) is 0 Å². The highest BCUT2D eigenvalue weighted by Gasteiger charge is 2.80. The maximum Gasteiger partial charge on any atom is 0.323 e. The van der Waals surface area contributed by atoms with Gasteiger partial charge in [-0.2, -0.15) is 0 Å². The molecule has 8 nitrogen and oxygen atoms in total. The van der Waals surface area contributed by atoms with E-state index in [1.54, 1.807) is 14.0 Å². The number of fused-ring (bicyclic) bond motifs is 1. The van der Waals surface area contributed by atoms with E-state index in [1.165, 1.54) is 12.3 Å². The van der Waals surface area contributed by atoms with Gasteiger partial charge in [0.25, 0.3) is 0 Å². The topological polar surface area (TPSA) is 106 Å². The molecule has 3 aliphatic heterocycles. The molecule has 9 heteroatoms. The van der Waals surface area contributed by atoms with Gasteiger partial charge in [-0.25, -0.2) is 9.79 Å². The summed E-state index contributed by atoms with van der Waals surface area (Å²) in [6.07, 6.45) is 6.27. The summed E-state index contributed by atoms with van der Waals surface area (Å²) in [4.78, 5) is 21.0. The molecule has 0 aromatic rings. The predicted molar refractivity (Wildman–Crippen MR) is 108 cm³/mol. The fourth-order valence-corrected chi connectivity index (χ4v) is 5.58. The molecule has 4 bridgehead atoms. The van der Waals surface area contributed by atoms with Gasteiger partial charge in [0.15, 0.2) is 6.35 Å². The Labute approximate surface area is 169 Å². The fraction of sp³-hybridized carbons (Fsp3) is 0.474. The molecule has 28 heavy (non-hydrogen) atoms. The lowest BCUT2D eigenvalue weighted by atomic mass is 9.46. The monoisotopic (exact) mass is 404 g/mol. The molecule has 5 N–H and O–H groups in total. The Balaban J connectivity index is 1.59. The van der Waals surface area contributed by atoms with Crippen LogP contribution in [-0.4, -0.2) is 65.8 Å². The lowest BCUT2D eigenvalue weighted by Crippen LogP contribution is -2.60. The number of allylic oxidation sites excluding steroid dienone is 3. The van der Waals surface area contributed by atoms with Crippen molar-refractivity contribution in [3.8, 4) is 0 Å². The molecule has 1 spiro atoms. The number of hydrogen-bond donors (Lipinski definition) is 4. The first-order valence-corrected chi connectivity index (χ1v) is 9.56. The first-order valence-electron chi connectivity index (χ1n) is 9.18. The van der Waals surface area contributed by atoms with Crippen molar-refractivity contribution in [1.29, 1.82) is 0 Å². The quantitative estimate of drug-likeness (QED) is 0.312. The number of hydrogen-bond acceptors (Lipinski definition) is 6. The summed E-state index contributed by atoms with van der Waals surface area (Å²) < 4.78 is 0. The van der Waals surface area contributed by atoms with Gasteiger partial charge in [-0.05, 0) is 31.7 Å². The maximum atomic E-state index is 13.0. The Kier molecular flexibility index (Phi) is 4.42. The second kappa shape index (κ2) is 6.45. The van der Waals surface area contributed by atoms with Crippen molar-refractivity contribution in [1.82, 2.24) is 20.4 Å². The van der Waals surface area contributed by atoms with Crippen LogP contribution in [-0.2, 0) is 0 Å². The zero-order valence-corrected chi connectivity index (χ0v) is 16.7. The lowest BCUT2D eigenvalue weighted by molar-refractivity contribution is -0.00925. The van der Waals surface area contributed by atoms with E-state index in [0.29, 0.717) is 36.2 Å². The summed E-state index contributed by atoms with van der Waals surface area (Å²) in [5.74, 6) is 0.346. The van der Waals surface area contributed by atoms with Crippen LogP contribution in [0.4, 0.5) is 4.79 Å². The summed E-state index contributed by atoms with van der Waals surface area (Å²) in [5.41, 5.74) is 6.82. The summed E-state index contributed by atoms with van der Waals surface area (Å²) >= 11 is 6.34. The number of amidine groups is 1. The van der Waals surface area contributed by atoms with Gasteiger partial charge in [0.2, 0.25) is 0 Å². The van der Waals surface area contributed by atoms with E-state index in [4.69, 9.17) is 17.3 Å². The van der Waals surface area contributed by atoms with Crippen molar-refractivity contribution >= 4 is 23.5 Å². The standard InChI is InChI=1S/C19H25ClN6O2/c1-4-14(23-7-11(2)21)24-17(28)26-10-19-9-25(16(27)22-3)8-18(19)6-12(20)5-13(19)15(18)26/h4-7,15-16,22,27H,1,8-10,21H2,2-3H3,(H,23,24,28)/b11-7-/t15?,16?,18?,19-/m0/s1. The third-order valence-corrected chi connectivity index (χ3v) is 6.52. The summed E-state index contributed by atoms with van der Waals surface area (Å²) in [6, 6.07) is -0.294. The molecular formula is C19H25ClN6O2. The van der Waals surface area contributed by atoms with Crippen molar-refractivity contribution in [2.24, 2.45) is 21.6 Å². The molecule has 5 aliphatic rings. The third kappa shape index (κ3) is 2.42.